The molecule has 6 heteroatoms. The minimum Gasteiger partial charge on any atom is -0.494 e. The van der Waals surface area contributed by atoms with Crippen LogP contribution in [0.3, 0.4) is 0 Å². The third-order valence-corrected chi connectivity index (χ3v) is 3.90. The van der Waals surface area contributed by atoms with E-state index in [-0.39, 0.29) is 5.91 Å². The van der Waals surface area contributed by atoms with E-state index in [0.29, 0.717) is 23.9 Å². The van der Waals surface area contributed by atoms with Crippen LogP contribution in [0.2, 0.25) is 0 Å². The molecule has 3 rings (SSSR count). The van der Waals surface area contributed by atoms with E-state index < -0.39 is 6.04 Å². The molecule has 0 aliphatic rings. The molecule has 0 aliphatic heterocycles. The van der Waals surface area contributed by atoms with Gasteiger partial charge in [-0.2, -0.15) is 4.98 Å². The Balaban J connectivity index is 1.67. The van der Waals surface area contributed by atoms with Gasteiger partial charge in [0, 0.05) is 11.1 Å². The van der Waals surface area contributed by atoms with Gasteiger partial charge < -0.3 is 14.6 Å². The lowest BCUT2D eigenvalue weighted by molar-refractivity contribution is 0.0932. The zero-order valence-corrected chi connectivity index (χ0v) is 15.0. The molecule has 1 aromatic heterocycles. The number of nitrogens with one attached hydrogen (secondary N) is 1. The fraction of sp³-hybridized carbons (Fsp3) is 0.250. The molecule has 0 unspecified atom stereocenters. The molecule has 134 valence electrons. The van der Waals surface area contributed by atoms with Crippen molar-refractivity contribution in [2.45, 2.75) is 26.8 Å². The monoisotopic (exact) mass is 351 g/mol. The van der Waals surface area contributed by atoms with Gasteiger partial charge in [-0.1, -0.05) is 35.0 Å². The summed E-state index contributed by atoms with van der Waals surface area (Å²) in [5.41, 5.74) is 2.57. The average Bonchev–Trinajstić information content (AvgIpc) is 3.13. The summed E-state index contributed by atoms with van der Waals surface area (Å²) in [6.45, 7) is 6.32. The predicted molar refractivity (Wildman–Crippen MR) is 98.0 cm³/mol. The molecule has 26 heavy (non-hydrogen) atoms. The summed E-state index contributed by atoms with van der Waals surface area (Å²) in [5, 5.41) is 6.86. The Bertz CT molecular complexity index is 870. The molecule has 6 nitrogen and oxygen atoms in total. The van der Waals surface area contributed by atoms with Crippen molar-refractivity contribution in [2.24, 2.45) is 0 Å². The first-order chi connectivity index (χ1) is 12.6. The fourth-order valence-corrected chi connectivity index (χ4v) is 2.44. The first-order valence-corrected chi connectivity index (χ1v) is 8.51. The summed E-state index contributed by atoms with van der Waals surface area (Å²) in [5.74, 6) is 1.38. The van der Waals surface area contributed by atoms with Gasteiger partial charge in [0.2, 0.25) is 11.7 Å². The number of nitrogens with zero attached hydrogens (tertiary/aromatic N) is 2. The lowest BCUT2D eigenvalue weighted by Gasteiger charge is -2.10. The van der Waals surface area contributed by atoms with Crippen LogP contribution in [0.4, 0.5) is 0 Å². The van der Waals surface area contributed by atoms with E-state index in [0.717, 1.165) is 16.9 Å². The van der Waals surface area contributed by atoms with E-state index in [1.807, 2.05) is 38.1 Å². The molecule has 0 fully saturated rings. The Hall–Kier alpha value is -3.15. The smallest absolute Gasteiger partial charge is 0.251 e. The summed E-state index contributed by atoms with van der Waals surface area (Å²) in [4.78, 5) is 16.8. The summed E-state index contributed by atoms with van der Waals surface area (Å²) >= 11 is 0. The Labute approximate surface area is 152 Å². The van der Waals surface area contributed by atoms with Crippen LogP contribution in [0.25, 0.3) is 11.4 Å². The van der Waals surface area contributed by atoms with Crippen molar-refractivity contribution in [1.29, 1.82) is 0 Å². The van der Waals surface area contributed by atoms with Gasteiger partial charge in [-0.3, -0.25) is 4.79 Å². The first-order valence-electron chi connectivity index (χ1n) is 8.51. The maximum absolute atomic E-state index is 12.4. The van der Waals surface area contributed by atoms with Gasteiger partial charge in [-0.15, -0.1) is 0 Å². The zero-order chi connectivity index (χ0) is 18.5. The number of ether oxygens (including phenoxy) is 1. The molecular formula is C20H21N3O3. The van der Waals surface area contributed by atoms with Crippen LogP contribution in [0, 0.1) is 6.92 Å². The highest BCUT2D eigenvalue weighted by Gasteiger charge is 2.18. The number of aromatic nitrogens is 2. The Morgan fingerprint density at radius 3 is 2.50 bits per heavy atom. The van der Waals surface area contributed by atoms with E-state index >= 15 is 0 Å². The largest absolute Gasteiger partial charge is 0.494 e. The highest BCUT2D eigenvalue weighted by Crippen LogP contribution is 2.19. The molecular weight excluding hydrogens is 330 g/mol. The number of hydrogen-bond donors (Lipinski definition) is 1. The van der Waals surface area contributed by atoms with Crippen LogP contribution in [-0.4, -0.2) is 22.7 Å². The quantitative estimate of drug-likeness (QED) is 0.728. The average molecular weight is 351 g/mol. The maximum Gasteiger partial charge on any atom is 0.251 e. The molecule has 0 radical (unpaired) electrons. The van der Waals surface area contributed by atoms with Gasteiger partial charge in [0.05, 0.1) is 6.61 Å². The van der Waals surface area contributed by atoms with Crippen molar-refractivity contribution in [3.05, 3.63) is 65.5 Å². The van der Waals surface area contributed by atoms with Crippen molar-refractivity contribution in [2.75, 3.05) is 6.61 Å². The zero-order valence-electron chi connectivity index (χ0n) is 15.0. The molecule has 0 bridgehead atoms. The number of carbonyl (C=O) groups excluding carboxylic acids is 1. The Morgan fingerprint density at radius 1 is 1.15 bits per heavy atom. The number of carbonyl (C=O) groups is 1. The standard InChI is InChI=1S/C20H21N3O3/c1-4-25-17-11-9-16(10-12-17)19(24)21-14(3)20-22-18(23-26-20)15-7-5-13(2)6-8-15/h5-12,14H,4H2,1-3H3,(H,21,24)/t14-/m1/s1. The van der Waals surface area contributed by atoms with Gasteiger partial charge in [0.1, 0.15) is 11.8 Å². The summed E-state index contributed by atoms with van der Waals surface area (Å²) < 4.78 is 10.7. The Kier molecular flexibility index (Phi) is 5.31. The number of hydrogen-bond acceptors (Lipinski definition) is 5. The normalized spacial score (nSPS) is 11.8. The lowest BCUT2D eigenvalue weighted by atomic mass is 10.1. The Morgan fingerprint density at radius 2 is 1.85 bits per heavy atom. The SMILES string of the molecule is CCOc1ccc(C(=O)N[C@H](C)c2nc(-c3ccc(C)cc3)no2)cc1. The van der Waals surface area contributed by atoms with Crippen LogP contribution in [0.15, 0.2) is 53.1 Å². The van der Waals surface area contributed by atoms with Crippen LogP contribution < -0.4 is 10.1 Å². The summed E-state index contributed by atoms with van der Waals surface area (Å²) in [7, 11) is 0. The van der Waals surface area contributed by atoms with Crippen molar-refractivity contribution in [3.63, 3.8) is 0 Å². The van der Waals surface area contributed by atoms with E-state index in [4.69, 9.17) is 9.26 Å². The topological polar surface area (TPSA) is 77.2 Å². The second kappa shape index (κ2) is 7.82. The lowest BCUT2D eigenvalue weighted by Crippen LogP contribution is -2.26. The molecule has 1 atom stereocenters. The molecule has 0 aliphatic carbocycles. The minimum atomic E-state index is -0.402. The number of rotatable bonds is 6. The molecule has 2 aromatic carbocycles. The molecule has 0 spiro atoms. The molecule has 3 aromatic rings. The molecule has 1 heterocycles. The van der Waals surface area contributed by atoms with E-state index in [1.165, 1.54) is 0 Å². The van der Waals surface area contributed by atoms with Crippen molar-refractivity contribution in [1.82, 2.24) is 15.5 Å². The fourth-order valence-electron chi connectivity index (χ4n) is 2.44. The molecule has 1 amide bonds. The van der Waals surface area contributed by atoms with E-state index in [9.17, 15) is 4.79 Å². The third-order valence-electron chi connectivity index (χ3n) is 3.90. The van der Waals surface area contributed by atoms with Gasteiger partial charge in [-0.05, 0) is 45.0 Å². The summed E-state index contributed by atoms with van der Waals surface area (Å²) in [6.07, 6.45) is 0. The first kappa shape index (κ1) is 17.7. The van der Waals surface area contributed by atoms with Crippen LogP contribution in [-0.2, 0) is 0 Å². The van der Waals surface area contributed by atoms with Crippen LogP contribution in [0.5, 0.6) is 5.75 Å². The van der Waals surface area contributed by atoms with Crippen LogP contribution in [0.1, 0.15) is 41.7 Å². The number of amides is 1. The van der Waals surface area contributed by atoms with Gasteiger partial charge in [0.15, 0.2) is 0 Å². The molecule has 0 saturated carbocycles. The highest BCUT2D eigenvalue weighted by molar-refractivity contribution is 5.94. The highest BCUT2D eigenvalue weighted by atomic mass is 16.5. The molecule has 0 saturated heterocycles. The summed E-state index contributed by atoms with van der Waals surface area (Å²) in [6, 6.07) is 14.4. The number of benzene rings is 2. The van der Waals surface area contributed by atoms with Crippen molar-refractivity contribution >= 4 is 5.91 Å². The maximum atomic E-state index is 12.4. The minimum absolute atomic E-state index is 0.212. The van der Waals surface area contributed by atoms with Crippen molar-refractivity contribution < 1.29 is 14.1 Å². The van der Waals surface area contributed by atoms with Gasteiger partial charge >= 0.3 is 0 Å². The van der Waals surface area contributed by atoms with Gasteiger partial charge in [-0.25, -0.2) is 0 Å². The van der Waals surface area contributed by atoms with Crippen molar-refractivity contribution in [3.8, 4) is 17.1 Å². The van der Waals surface area contributed by atoms with Gasteiger partial charge in [0.25, 0.3) is 5.91 Å². The third kappa shape index (κ3) is 4.08. The molecule has 1 N–H and O–H groups in total. The van der Waals surface area contributed by atoms with Crippen LogP contribution >= 0.6 is 0 Å². The van der Waals surface area contributed by atoms with E-state index in [2.05, 4.69) is 15.5 Å². The van der Waals surface area contributed by atoms with E-state index in [1.54, 1.807) is 31.2 Å². The second-order valence-electron chi connectivity index (χ2n) is 5.97. The predicted octanol–water partition coefficient (Wildman–Crippen LogP) is 3.93. The second-order valence-corrected chi connectivity index (χ2v) is 5.97. The number of aryl methyl sites for hydroxylation is 1.